The molecule has 6 nitrogen and oxygen atoms in total. The number of nitrogens with zero attached hydrogens (tertiary/aromatic N) is 3. The van der Waals surface area contributed by atoms with Crippen LogP contribution in [-0.4, -0.2) is 40.7 Å². The molecule has 3 aromatic rings. The highest BCUT2D eigenvalue weighted by atomic mass is 19.1. The molecule has 2 aromatic carbocycles. The lowest BCUT2D eigenvalue weighted by atomic mass is 9.98. The molecule has 0 spiro atoms. The van der Waals surface area contributed by atoms with E-state index in [1.54, 1.807) is 12.1 Å². The van der Waals surface area contributed by atoms with Crippen LogP contribution in [0.15, 0.2) is 48.7 Å². The van der Waals surface area contributed by atoms with Crippen LogP contribution in [0.1, 0.15) is 55.2 Å². The third-order valence-electron chi connectivity index (χ3n) is 6.42. The summed E-state index contributed by atoms with van der Waals surface area (Å²) in [5.41, 5.74) is 4.13. The number of fused-ring (bicyclic) bond motifs is 1. The van der Waals surface area contributed by atoms with Crippen molar-refractivity contribution in [2.75, 3.05) is 24.6 Å². The molecule has 0 aliphatic heterocycles. The van der Waals surface area contributed by atoms with Gasteiger partial charge < -0.3 is 14.7 Å². The molecule has 1 atom stereocenters. The van der Waals surface area contributed by atoms with Gasteiger partial charge in [0, 0.05) is 30.4 Å². The van der Waals surface area contributed by atoms with Crippen molar-refractivity contribution >= 4 is 11.8 Å². The molecule has 35 heavy (non-hydrogen) atoms. The highest BCUT2D eigenvalue weighted by Crippen LogP contribution is 2.37. The number of anilines is 1. The van der Waals surface area contributed by atoms with Gasteiger partial charge in [-0.1, -0.05) is 13.0 Å². The SMILES string of the molecule is CCCN(CCCOc1ccc2c(c1)CC[C@H]2CC(=O)O)c1nc(-c2ccc(F)cc2)ncc1C. The molecule has 0 amide bonds. The van der Waals surface area contributed by atoms with Crippen LogP contribution in [0.3, 0.4) is 0 Å². The third kappa shape index (κ3) is 6.15. The minimum Gasteiger partial charge on any atom is -0.494 e. The van der Waals surface area contributed by atoms with Gasteiger partial charge in [-0.2, -0.15) is 0 Å². The Hall–Kier alpha value is -3.48. The van der Waals surface area contributed by atoms with Gasteiger partial charge in [0.25, 0.3) is 0 Å². The number of carboxylic acids is 1. The molecule has 0 unspecified atom stereocenters. The third-order valence-corrected chi connectivity index (χ3v) is 6.42. The van der Waals surface area contributed by atoms with Crippen LogP contribution in [0.5, 0.6) is 5.75 Å². The van der Waals surface area contributed by atoms with E-state index >= 15 is 0 Å². The van der Waals surface area contributed by atoms with Crippen molar-refractivity contribution in [2.24, 2.45) is 0 Å². The molecule has 0 bridgehead atoms. The van der Waals surface area contributed by atoms with E-state index in [0.717, 1.165) is 67.0 Å². The topological polar surface area (TPSA) is 75.5 Å². The first-order valence-corrected chi connectivity index (χ1v) is 12.3. The van der Waals surface area contributed by atoms with Gasteiger partial charge in [0.05, 0.1) is 13.0 Å². The normalized spacial score (nSPS) is 14.5. The monoisotopic (exact) mass is 477 g/mol. The van der Waals surface area contributed by atoms with Gasteiger partial charge in [-0.05, 0) is 86.1 Å². The van der Waals surface area contributed by atoms with E-state index < -0.39 is 5.97 Å². The van der Waals surface area contributed by atoms with Crippen molar-refractivity contribution in [3.05, 3.63) is 71.2 Å². The lowest BCUT2D eigenvalue weighted by molar-refractivity contribution is -0.137. The number of carboxylic acid groups (broad SMARTS) is 1. The van der Waals surface area contributed by atoms with Crippen molar-refractivity contribution in [3.8, 4) is 17.1 Å². The molecular formula is C28H32FN3O3. The quantitative estimate of drug-likeness (QED) is 0.353. The Morgan fingerprint density at radius 3 is 2.74 bits per heavy atom. The molecule has 1 aromatic heterocycles. The zero-order valence-electron chi connectivity index (χ0n) is 20.3. The summed E-state index contributed by atoms with van der Waals surface area (Å²) in [5, 5.41) is 9.11. The molecule has 0 fully saturated rings. The van der Waals surface area contributed by atoms with Crippen molar-refractivity contribution in [1.29, 1.82) is 0 Å². The fraction of sp³-hybridized carbons (Fsp3) is 0.393. The van der Waals surface area contributed by atoms with Crippen molar-refractivity contribution in [2.45, 2.75) is 51.9 Å². The maximum atomic E-state index is 13.3. The summed E-state index contributed by atoms with van der Waals surface area (Å²) in [4.78, 5) is 22.6. The Kier molecular flexibility index (Phi) is 7.95. The fourth-order valence-electron chi connectivity index (χ4n) is 4.72. The van der Waals surface area contributed by atoms with Gasteiger partial charge in [0.2, 0.25) is 0 Å². The summed E-state index contributed by atoms with van der Waals surface area (Å²) in [6.07, 6.45) is 5.61. The maximum Gasteiger partial charge on any atom is 0.303 e. The summed E-state index contributed by atoms with van der Waals surface area (Å²) in [7, 11) is 0. The van der Waals surface area contributed by atoms with Gasteiger partial charge in [-0.15, -0.1) is 0 Å². The molecule has 1 N–H and O–H groups in total. The van der Waals surface area contributed by atoms with E-state index in [1.807, 2.05) is 25.3 Å². The predicted octanol–water partition coefficient (Wildman–Crippen LogP) is 5.78. The second-order valence-electron chi connectivity index (χ2n) is 9.09. The van der Waals surface area contributed by atoms with Crippen LogP contribution in [0.25, 0.3) is 11.4 Å². The van der Waals surface area contributed by atoms with Crippen LogP contribution < -0.4 is 9.64 Å². The van der Waals surface area contributed by atoms with Crippen molar-refractivity contribution in [1.82, 2.24) is 9.97 Å². The number of carbonyl (C=O) groups is 1. The van der Waals surface area contributed by atoms with Crippen LogP contribution in [-0.2, 0) is 11.2 Å². The molecule has 0 saturated carbocycles. The Morgan fingerprint density at radius 2 is 2.00 bits per heavy atom. The molecule has 1 heterocycles. The van der Waals surface area contributed by atoms with E-state index in [4.69, 9.17) is 14.8 Å². The number of benzene rings is 2. The van der Waals surface area contributed by atoms with Gasteiger partial charge >= 0.3 is 5.97 Å². The number of hydrogen-bond acceptors (Lipinski definition) is 5. The van der Waals surface area contributed by atoms with Crippen LogP contribution in [0.4, 0.5) is 10.2 Å². The molecular weight excluding hydrogens is 445 g/mol. The number of ether oxygens (including phenoxy) is 1. The van der Waals surface area contributed by atoms with E-state index in [2.05, 4.69) is 22.9 Å². The number of aliphatic carboxylic acids is 1. The van der Waals surface area contributed by atoms with Gasteiger partial charge in [0.1, 0.15) is 17.4 Å². The standard InChI is InChI=1S/C28H32FN3O3/c1-3-13-32(28-19(2)18-30-27(31-28)20-7-9-23(29)10-8-20)14-4-15-35-24-11-12-25-21(16-24)5-6-22(25)17-26(33)34/h7-12,16,18,22H,3-6,13-15,17H2,1-2H3,(H,33,34)/t22-/m0/s1. The lowest BCUT2D eigenvalue weighted by Crippen LogP contribution is -2.28. The number of rotatable bonds is 11. The number of hydrogen-bond donors (Lipinski definition) is 1. The van der Waals surface area contributed by atoms with Crippen LogP contribution >= 0.6 is 0 Å². The Bertz CT molecular complexity index is 1170. The van der Waals surface area contributed by atoms with Crippen molar-refractivity contribution in [3.63, 3.8) is 0 Å². The Labute approximate surface area is 205 Å². The molecule has 0 radical (unpaired) electrons. The molecule has 0 saturated heterocycles. The number of halogens is 1. The number of aryl methyl sites for hydroxylation is 2. The van der Waals surface area contributed by atoms with E-state index in [0.29, 0.717) is 12.4 Å². The zero-order valence-corrected chi connectivity index (χ0v) is 20.3. The minimum atomic E-state index is -0.747. The second-order valence-corrected chi connectivity index (χ2v) is 9.09. The average molecular weight is 478 g/mol. The second kappa shape index (κ2) is 11.3. The first-order chi connectivity index (χ1) is 16.9. The van der Waals surface area contributed by atoms with Gasteiger partial charge in [-0.3, -0.25) is 4.79 Å². The first-order valence-electron chi connectivity index (χ1n) is 12.3. The Balaban J connectivity index is 1.37. The summed E-state index contributed by atoms with van der Waals surface area (Å²) in [5.74, 6) is 1.39. The highest BCUT2D eigenvalue weighted by Gasteiger charge is 2.25. The average Bonchev–Trinajstić information content (AvgIpc) is 3.23. The van der Waals surface area contributed by atoms with Crippen LogP contribution in [0, 0.1) is 12.7 Å². The molecule has 184 valence electrons. The van der Waals surface area contributed by atoms with E-state index in [1.165, 1.54) is 17.7 Å². The fourth-order valence-corrected chi connectivity index (χ4v) is 4.72. The highest BCUT2D eigenvalue weighted by molar-refractivity contribution is 5.68. The summed E-state index contributed by atoms with van der Waals surface area (Å²) >= 11 is 0. The van der Waals surface area contributed by atoms with E-state index in [9.17, 15) is 9.18 Å². The van der Waals surface area contributed by atoms with Gasteiger partial charge in [-0.25, -0.2) is 14.4 Å². The largest absolute Gasteiger partial charge is 0.494 e. The summed E-state index contributed by atoms with van der Waals surface area (Å²) in [6, 6.07) is 12.3. The molecule has 7 heteroatoms. The van der Waals surface area contributed by atoms with E-state index in [-0.39, 0.29) is 18.2 Å². The molecule has 1 aliphatic carbocycles. The maximum absolute atomic E-state index is 13.3. The number of aromatic nitrogens is 2. The molecule has 4 rings (SSSR count). The Morgan fingerprint density at radius 1 is 1.20 bits per heavy atom. The van der Waals surface area contributed by atoms with Crippen molar-refractivity contribution < 1.29 is 19.0 Å². The smallest absolute Gasteiger partial charge is 0.303 e. The summed E-state index contributed by atoms with van der Waals surface area (Å²) in [6.45, 7) is 6.38. The van der Waals surface area contributed by atoms with Crippen LogP contribution in [0.2, 0.25) is 0 Å². The summed E-state index contributed by atoms with van der Waals surface area (Å²) < 4.78 is 19.4. The molecule has 1 aliphatic rings. The lowest BCUT2D eigenvalue weighted by Gasteiger charge is -2.25. The first kappa shape index (κ1) is 24.6. The minimum absolute atomic E-state index is 0.107. The predicted molar refractivity (Wildman–Crippen MR) is 135 cm³/mol. The zero-order chi connectivity index (χ0) is 24.8. The van der Waals surface area contributed by atoms with Gasteiger partial charge in [0.15, 0.2) is 5.82 Å².